The summed E-state index contributed by atoms with van der Waals surface area (Å²) in [6.07, 6.45) is -6.34. The van der Waals surface area contributed by atoms with E-state index in [9.17, 15) is 30.0 Å². The van der Waals surface area contributed by atoms with Gasteiger partial charge in [-0.05, 0) is 38.1 Å². The van der Waals surface area contributed by atoms with E-state index in [0.717, 1.165) is 11.1 Å². The SMILES string of the molecule is Cc1ccc(S(=O)(=O)OCC(COS(=O)(=O)c2ccc(C)cc2)OCC(F)(F)F)cc1. The monoisotopic (exact) mass is 482 g/mol. The molecule has 31 heavy (non-hydrogen) atoms. The minimum absolute atomic E-state index is 0.208. The van der Waals surface area contributed by atoms with Crippen molar-refractivity contribution in [1.82, 2.24) is 0 Å². The first-order valence-electron chi connectivity index (χ1n) is 8.89. The highest BCUT2D eigenvalue weighted by Crippen LogP contribution is 2.19. The molecule has 0 amide bonds. The van der Waals surface area contributed by atoms with Crippen LogP contribution >= 0.6 is 0 Å². The van der Waals surface area contributed by atoms with Crippen molar-refractivity contribution in [2.45, 2.75) is 35.9 Å². The van der Waals surface area contributed by atoms with E-state index in [1.807, 2.05) is 0 Å². The average Bonchev–Trinajstić information content (AvgIpc) is 2.67. The van der Waals surface area contributed by atoms with Crippen molar-refractivity contribution in [3.8, 4) is 0 Å². The predicted molar refractivity (Wildman–Crippen MR) is 104 cm³/mol. The first-order valence-corrected chi connectivity index (χ1v) is 11.7. The Balaban J connectivity index is 2.09. The fraction of sp³-hybridized carbons (Fsp3) is 0.368. The Morgan fingerprint density at radius 3 is 1.42 bits per heavy atom. The van der Waals surface area contributed by atoms with E-state index >= 15 is 0 Å². The Morgan fingerprint density at radius 1 is 0.742 bits per heavy atom. The van der Waals surface area contributed by atoms with Crippen LogP contribution in [0.25, 0.3) is 0 Å². The van der Waals surface area contributed by atoms with E-state index in [0.29, 0.717) is 0 Å². The minimum atomic E-state index is -4.72. The standard InChI is InChI=1S/C19H21F3O7S2/c1-14-3-7-17(8-4-14)30(23,24)28-11-16(27-13-19(20,21)22)12-29-31(25,26)18-9-5-15(2)6-10-18/h3-10,16H,11-13H2,1-2H3. The molecule has 0 fully saturated rings. The maximum atomic E-state index is 12.5. The predicted octanol–water partition coefficient (Wildman–Crippen LogP) is 3.36. The van der Waals surface area contributed by atoms with Crippen LogP contribution in [0.3, 0.4) is 0 Å². The van der Waals surface area contributed by atoms with Gasteiger partial charge < -0.3 is 4.74 Å². The third kappa shape index (κ3) is 8.22. The van der Waals surface area contributed by atoms with Gasteiger partial charge in [0.25, 0.3) is 20.2 Å². The second-order valence-electron chi connectivity index (χ2n) is 6.65. The number of aryl methyl sites for hydroxylation is 2. The quantitative estimate of drug-likeness (QED) is 0.479. The average molecular weight is 482 g/mol. The molecule has 0 heterocycles. The molecule has 0 aliphatic carbocycles. The highest BCUT2D eigenvalue weighted by molar-refractivity contribution is 7.87. The molecule has 0 aromatic heterocycles. The summed E-state index contributed by atoms with van der Waals surface area (Å²) < 4.78 is 101. The topological polar surface area (TPSA) is 96.0 Å². The molecular formula is C19H21F3O7S2. The molecule has 0 bridgehead atoms. The van der Waals surface area contributed by atoms with Crippen molar-refractivity contribution in [3.63, 3.8) is 0 Å². The number of rotatable bonds is 10. The van der Waals surface area contributed by atoms with E-state index in [1.165, 1.54) is 48.5 Å². The summed E-state index contributed by atoms with van der Waals surface area (Å²) in [5.41, 5.74) is 1.58. The zero-order valence-corrected chi connectivity index (χ0v) is 18.3. The van der Waals surface area contributed by atoms with Crippen LogP contribution in [0.2, 0.25) is 0 Å². The number of hydrogen-bond donors (Lipinski definition) is 0. The second kappa shape index (κ2) is 10.1. The molecule has 7 nitrogen and oxygen atoms in total. The minimum Gasteiger partial charge on any atom is -0.364 e. The zero-order chi connectivity index (χ0) is 23.3. The van der Waals surface area contributed by atoms with Crippen LogP contribution in [-0.2, 0) is 33.3 Å². The van der Waals surface area contributed by atoms with Gasteiger partial charge in [0.05, 0.1) is 23.0 Å². The van der Waals surface area contributed by atoms with Gasteiger partial charge in [-0.25, -0.2) is 0 Å². The number of benzene rings is 2. The van der Waals surface area contributed by atoms with Gasteiger partial charge in [-0.3, -0.25) is 8.37 Å². The van der Waals surface area contributed by atoms with Crippen LogP contribution in [0.15, 0.2) is 58.3 Å². The van der Waals surface area contributed by atoms with Gasteiger partial charge >= 0.3 is 6.18 Å². The van der Waals surface area contributed by atoms with E-state index < -0.39 is 52.3 Å². The van der Waals surface area contributed by atoms with Crippen molar-refractivity contribution >= 4 is 20.2 Å². The third-order valence-corrected chi connectivity index (χ3v) is 6.51. The fourth-order valence-electron chi connectivity index (χ4n) is 2.23. The van der Waals surface area contributed by atoms with Gasteiger partial charge in [-0.2, -0.15) is 30.0 Å². The molecule has 2 aromatic carbocycles. The molecule has 172 valence electrons. The van der Waals surface area contributed by atoms with Gasteiger partial charge in [0, 0.05) is 0 Å². The number of ether oxygens (including phenoxy) is 1. The Hall–Kier alpha value is -1.99. The lowest BCUT2D eigenvalue weighted by molar-refractivity contribution is -0.190. The summed E-state index contributed by atoms with van der Waals surface area (Å²) in [4.78, 5) is -0.415. The van der Waals surface area contributed by atoms with Crippen LogP contribution < -0.4 is 0 Å². The molecular weight excluding hydrogens is 461 g/mol. The summed E-state index contributed by atoms with van der Waals surface area (Å²) in [5.74, 6) is 0. The summed E-state index contributed by atoms with van der Waals surface area (Å²) >= 11 is 0. The van der Waals surface area contributed by atoms with Crippen molar-refractivity contribution < 1.29 is 43.1 Å². The summed E-state index contributed by atoms with van der Waals surface area (Å²) in [7, 11) is -8.61. The van der Waals surface area contributed by atoms with E-state index in [-0.39, 0.29) is 9.79 Å². The second-order valence-corrected chi connectivity index (χ2v) is 9.88. The van der Waals surface area contributed by atoms with Crippen LogP contribution in [0, 0.1) is 13.8 Å². The van der Waals surface area contributed by atoms with Crippen LogP contribution in [-0.4, -0.2) is 48.9 Å². The lowest BCUT2D eigenvalue weighted by atomic mass is 10.2. The Labute approximate surface area is 179 Å². The molecule has 0 aliphatic rings. The van der Waals surface area contributed by atoms with E-state index in [4.69, 9.17) is 8.37 Å². The number of hydrogen-bond acceptors (Lipinski definition) is 7. The first-order chi connectivity index (χ1) is 14.3. The molecule has 0 N–H and O–H groups in total. The molecule has 0 spiro atoms. The molecule has 2 rings (SSSR count). The van der Waals surface area contributed by atoms with Crippen LogP contribution in [0.1, 0.15) is 11.1 Å². The first kappa shape index (κ1) is 25.3. The largest absolute Gasteiger partial charge is 0.411 e. The third-order valence-electron chi connectivity index (χ3n) is 3.92. The van der Waals surface area contributed by atoms with E-state index in [2.05, 4.69) is 4.74 Å². The summed E-state index contributed by atoms with van der Waals surface area (Å²) in [6.45, 7) is -0.0147. The van der Waals surface area contributed by atoms with Crippen molar-refractivity contribution in [3.05, 3.63) is 59.7 Å². The molecule has 0 radical (unpaired) electrons. The summed E-state index contributed by atoms with van der Waals surface area (Å²) in [6, 6.07) is 11.2. The zero-order valence-electron chi connectivity index (χ0n) is 16.6. The van der Waals surface area contributed by atoms with Crippen molar-refractivity contribution in [1.29, 1.82) is 0 Å². The maximum absolute atomic E-state index is 12.5. The lowest BCUT2D eigenvalue weighted by Crippen LogP contribution is -2.32. The highest BCUT2D eigenvalue weighted by atomic mass is 32.2. The normalized spacial score (nSPS) is 13.0. The molecule has 0 saturated heterocycles. The molecule has 0 unspecified atom stereocenters. The van der Waals surface area contributed by atoms with E-state index in [1.54, 1.807) is 13.8 Å². The van der Waals surface area contributed by atoms with Crippen LogP contribution in [0.5, 0.6) is 0 Å². The highest BCUT2D eigenvalue weighted by Gasteiger charge is 2.31. The fourth-order valence-corrected chi connectivity index (χ4v) is 4.11. The van der Waals surface area contributed by atoms with Gasteiger partial charge in [0.2, 0.25) is 0 Å². The smallest absolute Gasteiger partial charge is 0.364 e. The van der Waals surface area contributed by atoms with Gasteiger partial charge in [0.1, 0.15) is 12.7 Å². The molecule has 0 saturated carbocycles. The van der Waals surface area contributed by atoms with Crippen molar-refractivity contribution in [2.24, 2.45) is 0 Å². The summed E-state index contributed by atoms with van der Waals surface area (Å²) in [5, 5.41) is 0. The number of halogens is 3. The molecule has 0 atom stereocenters. The number of alkyl halides is 3. The van der Waals surface area contributed by atoms with Crippen molar-refractivity contribution in [2.75, 3.05) is 19.8 Å². The van der Waals surface area contributed by atoms with Gasteiger partial charge in [-0.1, -0.05) is 35.4 Å². The Bertz CT molecular complexity index is 983. The van der Waals surface area contributed by atoms with Gasteiger partial charge in [0.15, 0.2) is 0 Å². The van der Waals surface area contributed by atoms with Crippen LogP contribution in [0.4, 0.5) is 13.2 Å². The molecule has 0 aliphatic heterocycles. The molecule has 12 heteroatoms. The lowest BCUT2D eigenvalue weighted by Gasteiger charge is -2.19. The van der Waals surface area contributed by atoms with Gasteiger partial charge in [-0.15, -0.1) is 0 Å². The molecule has 2 aromatic rings. The Kier molecular flexibility index (Phi) is 8.22. The Morgan fingerprint density at radius 2 is 1.10 bits per heavy atom. The maximum Gasteiger partial charge on any atom is 0.411 e.